The van der Waals surface area contributed by atoms with Crippen LogP contribution in [0.15, 0.2) is 18.2 Å². The van der Waals surface area contributed by atoms with Crippen molar-refractivity contribution in [1.29, 1.82) is 5.26 Å². The molecule has 0 radical (unpaired) electrons. The average Bonchev–Trinajstić information content (AvgIpc) is 2.29. The summed E-state index contributed by atoms with van der Waals surface area (Å²) in [7, 11) is 1.76. The third-order valence-electron chi connectivity index (χ3n) is 2.31. The third kappa shape index (κ3) is 3.73. The molecule has 0 aromatic heterocycles. The molecule has 1 unspecified atom stereocenters. The average molecular weight is 239 g/mol. The lowest BCUT2D eigenvalue weighted by Gasteiger charge is -2.10. The van der Waals surface area contributed by atoms with Crippen molar-refractivity contribution >= 4 is 11.6 Å². The first-order valence-corrected chi connectivity index (χ1v) is 5.51. The number of halogens is 1. The highest BCUT2D eigenvalue weighted by molar-refractivity contribution is 6.31. The lowest BCUT2D eigenvalue weighted by atomic mass is 10.2. The summed E-state index contributed by atoms with van der Waals surface area (Å²) in [5, 5.41) is 12.3. The molecule has 0 fully saturated rings. The molecule has 0 saturated heterocycles. The number of hydrogen-bond donors (Lipinski definition) is 1. The van der Waals surface area contributed by atoms with Gasteiger partial charge >= 0.3 is 0 Å². The monoisotopic (exact) mass is 238 g/mol. The summed E-state index contributed by atoms with van der Waals surface area (Å²) < 4.78 is 5.53. The topological polar surface area (TPSA) is 45.0 Å². The number of nitrogens with zero attached hydrogens (tertiary/aromatic N) is 1. The first-order chi connectivity index (χ1) is 7.67. The van der Waals surface area contributed by atoms with Crippen molar-refractivity contribution in [3.05, 3.63) is 28.8 Å². The standard InChI is InChI=1S/C12H15ClN2O/c1-9-7-11(3-4-12(9)13)16-6-5-10(8-14)15-2/h3-4,7,10,15H,5-6H2,1-2H3. The van der Waals surface area contributed by atoms with Crippen LogP contribution in [0.5, 0.6) is 5.75 Å². The molecule has 0 bridgehead atoms. The Kier molecular flexibility index (Phi) is 5.10. The van der Waals surface area contributed by atoms with E-state index in [9.17, 15) is 0 Å². The molecule has 0 aliphatic rings. The van der Waals surface area contributed by atoms with E-state index in [0.717, 1.165) is 16.3 Å². The van der Waals surface area contributed by atoms with Crippen LogP contribution in [0.1, 0.15) is 12.0 Å². The predicted molar refractivity (Wildman–Crippen MR) is 64.8 cm³/mol. The SMILES string of the molecule is CNC(C#N)CCOc1ccc(Cl)c(C)c1. The summed E-state index contributed by atoms with van der Waals surface area (Å²) in [6.07, 6.45) is 0.661. The Balaban J connectivity index is 2.43. The Morgan fingerprint density at radius 1 is 1.56 bits per heavy atom. The van der Waals surface area contributed by atoms with E-state index in [1.165, 1.54) is 0 Å². The lowest BCUT2D eigenvalue weighted by Crippen LogP contribution is -2.25. The van der Waals surface area contributed by atoms with Crippen LogP contribution in [0.3, 0.4) is 0 Å². The van der Waals surface area contributed by atoms with Crippen LogP contribution in [0, 0.1) is 18.3 Å². The number of aryl methyl sites for hydroxylation is 1. The van der Waals surface area contributed by atoms with E-state index >= 15 is 0 Å². The summed E-state index contributed by atoms with van der Waals surface area (Å²) in [6.45, 7) is 2.45. The molecule has 86 valence electrons. The minimum Gasteiger partial charge on any atom is -0.493 e. The molecule has 16 heavy (non-hydrogen) atoms. The molecule has 4 heteroatoms. The highest BCUT2D eigenvalue weighted by Crippen LogP contribution is 2.21. The Morgan fingerprint density at radius 3 is 2.88 bits per heavy atom. The van der Waals surface area contributed by atoms with Gasteiger partial charge in [0, 0.05) is 11.4 Å². The second kappa shape index (κ2) is 6.37. The maximum absolute atomic E-state index is 8.72. The maximum atomic E-state index is 8.72. The van der Waals surface area contributed by atoms with Crippen LogP contribution in [-0.2, 0) is 0 Å². The molecule has 1 rings (SSSR count). The molecule has 3 nitrogen and oxygen atoms in total. The molecule has 1 N–H and O–H groups in total. The van der Waals surface area contributed by atoms with Crippen molar-refractivity contribution in [2.45, 2.75) is 19.4 Å². The van der Waals surface area contributed by atoms with Gasteiger partial charge in [-0.1, -0.05) is 11.6 Å². The molecule has 0 aliphatic carbocycles. The van der Waals surface area contributed by atoms with Gasteiger partial charge in [-0.3, -0.25) is 0 Å². The fourth-order valence-corrected chi connectivity index (χ4v) is 1.39. The normalized spacial score (nSPS) is 11.9. The van der Waals surface area contributed by atoms with Crippen LogP contribution >= 0.6 is 11.6 Å². The van der Waals surface area contributed by atoms with E-state index in [2.05, 4.69) is 11.4 Å². The summed E-state index contributed by atoms with van der Waals surface area (Å²) in [5.74, 6) is 0.787. The number of ether oxygens (including phenoxy) is 1. The number of hydrogen-bond acceptors (Lipinski definition) is 3. The zero-order chi connectivity index (χ0) is 12.0. The largest absolute Gasteiger partial charge is 0.493 e. The van der Waals surface area contributed by atoms with Gasteiger partial charge in [0.1, 0.15) is 5.75 Å². The summed E-state index contributed by atoms with van der Waals surface area (Å²) in [6, 6.07) is 7.52. The van der Waals surface area contributed by atoms with E-state index < -0.39 is 0 Å². The van der Waals surface area contributed by atoms with Crippen LogP contribution in [0.2, 0.25) is 5.02 Å². The van der Waals surface area contributed by atoms with E-state index in [4.69, 9.17) is 21.6 Å². The van der Waals surface area contributed by atoms with Crippen molar-refractivity contribution in [3.8, 4) is 11.8 Å². The van der Waals surface area contributed by atoms with Crippen LogP contribution in [0.4, 0.5) is 0 Å². The number of benzene rings is 1. The van der Waals surface area contributed by atoms with Crippen LogP contribution < -0.4 is 10.1 Å². The second-order valence-electron chi connectivity index (χ2n) is 3.52. The summed E-state index contributed by atoms with van der Waals surface area (Å²) in [5.41, 5.74) is 0.990. The second-order valence-corrected chi connectivity index (χ2v) is 3.93. The first kappa shape index (κ1) is 12.8. The Morgan fingerprint density at radius 2 is 2.31 bits per heavy atom. The molecule has 0 aliphatic heterocycles. The third-order valence-corrected chi connectivity index (χ3v) is 2.73. The van der Waals surface area contributed by atoms with Gasteiger partial charge in [0.25, 0.3) is 0 Å². The van der Waals surface area contributed by atoms with Gasteiger partial charge in [-0.05, 0) is 37.7 Å². The quantitative estimate of drug-likeness (QED) is 0.858. The van der Waals surface area contributed by atoms with Gasteiger partial charge in [0.2, 0.25) is 0 Å². The van der Waals surface area contributed by atoms with Gasteiger partial charge in [0.15, 0.2) is 0 Å². The molecule has 1 aromatic rings. The van der Waals surface area contributed by atoms with Gasteiger partial charge in [0.05, 0.1) is 18.7 Å². The molecule has 0 heterocycles. The van der Waals surface area contributed by atoms with E-state index in [1.807, 2.05) is 25.1 Å². The smallest absolute Gasteiger partial charge is 0.119 e. The fourth-order valence-electron chi connectivity index (χ4n) is 1.28. The molecular formula is C12H15ClN2O. The Bertz CT molecular complexity index is 387. The van der Waals surface area contributed by atoms with Crippen molar-refractivity contribution < 1.29 is 4.74 Å². The lowest BCUT2D eigenvalue weighted by molar-refractivity contribution is 0.300. The van der Waals surface area contributed by atoms with E-state index in [-0.39, 0.29) is 6.04 Å². The van der Waals surface area contributed by atoms with Crippen molar-refractivity contribution in [2.75, 3.05) is 13.7 Å². The highest BCUT2D eigenvalue weighted by atomic mass is 35.5. The van der Waals surface area contributed by atoms with Gasteiger partial charge in [-0.15, -0.1) is 0 Å². The van der Waals surface area contributed by atoms with Crippen LogP contribution in [0.25, 0.3) is 0 Å². The Labute approximate surface area is 101 Å². The van der Waals surface area contributed by atoms with Gasteiger partial charge < -0.3 is 10.1 Å². The summed E-state index contributed by atoms with van der Waals surface area (Å²) in [4.78, 5) is 0. The molecule has 0 saturated carbocycles. The van der Waals surface area contributed by atoms with E-state index in [1.54, 1.807) is 7.05 Å². The fraction of sp³-hybridized carbons (Fsp3) is 0.417. The van der Waals surface area contributed by atoms with Crippen LogP contribution in [-0.4, -0.2) is 19.7 Å². The molecule has 0 amide bonds. The zero-order valence-electron chi connectivity index (χ0n) is 9.46. The highest BCUT2D eigenvalue weighted by Gasteiger charge is 2.04. The van der Waals surface area contributed by atoms with Crippen molar-refractivity contribution in [1.82, 2.24) is 5.32 Å². The van der Waals surface area contributed by atoms with E-state index in [0.29, 0.717) is 13.0 Å². The number of rotatable bonds is 5. The minimum absolute atomic E-state index is 0.159. The molecular weight excluding hydrogens is 224 g/mol. The number of nitriles is 1. The maximum Gasteiger partial charge on any atom is 0.119 e. The van der Waals surface area contributed by atoms with Crippen molar-refractivity contribution in [2.24, 2.45) is 0 Å². The minimum atomic E-state index is -0.159. The first-order valence-electron chi connectivity index (χ1n) is 5.13. The molecule has 0 spiro atoms. The molecule has 1 atom stereocenters. The number of nitrogens with one attached hydrogen (secondary N) is 1. The molecule has 1 aromatic carbocycles. The predicted octanol–water partition coefficient (Wildman–Crippen LogP) is 2.53. The zero-order valence-corrected chi connectivity index (χ0v) is 10.2. The van der Waals surface area contributed by atoms with Crippen molar-refractivity contribution in [3.63, 3.8) is 0 Å². The Hall–Kier alpha value is -1.24. The summed E-state index contributed by atoms with van der Waals surface area (Å²) >= 11 is 5.90. The van der Waals surface area contributed by atoms with Gasteiger partial charge in [-0.2, -0.15) is 5.26 Å². The van der Waals surface area contributed by atoms with Gasteiger partial charge in [-0.25, -0.2) is 0 Å².